The Morgan fingerprint density at radius 1 is 0.902 bits per heavy atom. The molecule has 1 atom stereocenters. The fourth-order valence-corrected chi connectivity index (χ4v) is 6.63. The fraction of sp³-hybridized carbons (Fsp3) is 0.333. The molecule has 0 aromatic heterocycles. The SMILES string of the molecule is Cc1ccc(C)c(N2C(=O)NC(=O)C(=Cc3ccc4c(c3)CC3(C(=O)N(C)C(=O)N(C)C3=O)C3CCCN43)C2=O)c1. The van der Waals surface area contributed by atoms with E-state index in [1.165, 1.54) is 20.2 Å². The Bertz CT molecular complexity index is 1600. The third-order valence-corrected chi connectivity index (χ3v) is 8.67. The molecule has 11 heteroatoms. The normalized spacial score (nSPS) is 23.0. The van der Waals surface area contributed by atoms with Crippen LogP contribution in [0.3, 0.4) is 0 Å². The second-order valence-corrected chi connectivity index (χ2v) is 11.1. The molecule has 4 heterocycles. The highest BCUT2D eigenvalue weighted by Crippen LogP contribution is 2.49. The predicted octanol–water partition coefficient (Wildman–Crippen LogP) is 2.53. The lowest BCUT2D eigenvalue weighted by atomic mass is 9.68. The van der Waals surface area contributed by atoms with E-state index in [0.717, 1.165) is 32.4 Å². The molecule has 4 aliphatic rings. The first-order chi connectivity index (χ1) is 19.5. The standard InChI is InChI=1S/C30H29N5O6/c1-16-7-8-17(2)22(12-16)35-25(37)20(24(36)31-28(35)40)14-18-9-10-21-19(13-18)15-30(23-6-5-11-34(21)23)26(38)32(3)29(41)33(4)27(30)39/h7-10,12-14,23H,5-6,11,15H2,1-4H3,(H,31,36,40). The Morgan fingerprint density at radius 3 is 2.32 bits per heavy atom. The summed E-state index contributed by atoms with van der Waals surface area (Å²) in [7, 11) is 2.78. The summed E-state index contributed by atoms with van der Waals surface area (Å²) >= 11 is 0. The summed E-state index contributed by atoms with van der Waals surface area (Å²) in [6, 6.07) is 8.89. The molecule has 0 radical (unpaired) electrons. The molecule has 0 aliphatic carbocycles. The molecule has 4 aliphatic heterocycles. The number of imide groups is 4. The summed E-state index contributed by atoms with van der Waals surface area (Å²) in [5, 5.41) is 2.26. The minimum atomic E-state index is -1.46. The first-order valence-corrected chi connectivity index (χ1v) is 13.4. The van der Waals surface area contributed by atoms with Crippen molar-refractivity contribution in [3.8, 4) is 0 Å². The Morgan fingerprint density at radius 2 is 1.61 bits per heavy atom. The van der Waals surface area contributed by atoms with E-state index in [4.69, 9.17) is 0 Å². The van der Waals surface area contributed by atoms with Crippen LogP contribution in [-0.4, -0.2) is 72.2 Å². The van der Waals surface area contributed by atoms with Gasteiger partial charge in [-0.3, -0.25) is 34.3 Å². The summed E-state index contributed by atoms with van der Waals surface area (Å²) < 4.78 is 0. The number of nitrogens with zero attached hydrogens (tertiary/aromatic N) is 4. The van der Waals surface area contributed by atoms with E-state index < -0.39 is 41.1 Å². The quantitative estimate of drug-likeness (QED) is 0.343. The molecule has 41 heavy (non-hydrogen) atoms. The lowest BCUT2D eigenvalue weighted by Crippen LogP contribution is -2.70. The first kappa shape index (κ1) is 26.4. The first-order valence-electron chi connectivity index (χ1n) is 13.4. The zero-order valence-electron chi connectivity index (χ0n) is 23.2. The molecule has 6 rings (SSSR count). The maximum absolute atomic E-state index is 13.6. The Balaban J connectivity index is 1.42. The number of nitrogens with one attached hydrogen (secondary N) is 1. The van der Waals surface area contributed by atoms with Crippen LogP contribution in [0, 0.1) is 19.3 Å². The number of rotatable bonds is 2. The topological polar surface area (TPSA) is 127 Å². The molecule has 1 spiro atoms. The van der Waals surface area contributed by atoms with E-state index in [9.17, 15) is 28.8 Å². The summed E-state index contributed by atoms with van der Waals surface area (Å²) in [5.74, 6) is -2.61. The van der Waals surface area contributed by atoms with Crippen LogP contribution in [-0.2, 0) is 25.6 Å². The zero-order valence-corrected chi connectivity index (χ0v) is 23.2. The van der Waals surface area contributed by atoms with Crippen LogP contribution in [0.2, 0.25) is 0 Å². The molecule has 3 saturated heterocycles. The number of hydrogen-bond acceptors (Lipinski definition) is 7. The third-order valence-electron chi connectivity index (χ3n) is 8.67. The van der Waals surface area contributed by atoms with Gasteiger partial charge in [0.1, 0.15) is 5.57 Å². The average Bonchev–Trinajstić information content (AvgIpc) is 3.44. The van der Waals surface area contributed by atoms with Gasteiger partial charge in [0.15, 0.2) is 5.41 Å². The second-order valence-electron chi connectivity index (χ2n) is 11.1. The zero-order chi connectivity index (χ0) is 29.4. The number of hydrogen-bond donors (Lipinski definition) is 1. The van der Waals surface area contributed by atoms with Crippen LogP contribution >= 0.6 is 0 Å². The number of benzene rings is 2. The van der Waals surface area contributed by atoms with Crippen molar-refractivity contribution in [1.29, 1.82) is 0 Å². The van der Waals surface area contributed by atoms with Crippen LogP contribution < -0.4 is 15.1 Å². The molecule has 0 bridgehead atoms. The number of barbiturate groups is 2. The molecule has 11 nitrogen and oxygen atoms in total. The van der Waals surface area contributed by atoms with E-state index in [2.05, 4.69) is 10.2 Å². The van der Waals surface area contributed by atoms with Crippen molar-refractivity contribution < 1.29 is 28.8 Å². The summed E-state index contributed by atoms with van der Waals surface area (Å²) in [4.78, 5) is 83.9. The van der Waals surface area contributed by atoms with E-state index in [1.807, 2.05) is 19.1 Å². The minimum Gasteiger partial charge on any atom is -0.367 e. The smallest absolute Gasteiger partial charge is 0.335 e. The molecule has 1 unspecified atom stereocenters. The van der Waals surface area contributed by atoms with Gasteiger partial charge in [-0.15, -0.1) is 0 Å². The van der Waals surface area contributed by atoms with Crippen molar-refractivity contribution in [2.24, 2.45) is 5.41 Å². The molecular formula is C30H29N5O6. The fourth-order valence-electron chi connectivity index (χ4n) is 6.63. The van der Waals surface area contributed by atoms with Gasteiger partial charge < -0.3 is 4.90 Å². The lowest BCUT2D eigenvalue weighted by molar-refractivity contribution is -0.159. The molecule has 1 N–H and O–H groups in total. The van der Waals surface area contributed by atoms with Crippen LogP contribution in [0.15, 0.2) is 42.0 Å². The monoisotopic (exact) mass is 555 g/mol. The van der Waals surface area contributed by atoms with Gasteiger partial charge in [0, 0.05) is 26.3 Å². The molecule has 0 saturated carbocycles. The Hall–Kier alpha value is -4.80. The Kier molecular flexibility index (Phi) is 5.88. The highest BCUT2D eigenvalue weighted by Gasteiger charge is 2.63. The number of urea groups is 2. The van der Waals surface area contributed by atoms with Gasteiger partial charge in [0.2, 0.25) is 11.8 Å². The number of carbonyl (C=O) groups excluding carboxylic acids is 6. The maximum atomic E-state index is 13.6. The Labute approximate surface area is 236 Å². The molecule has 8 amide bonds. The molecule has 2 aromatic carbocycles. The van der Waals surface area contributed by atoms with E-state index in [0.29, 0.717) is 35.3 Å². The van der Waals surface area contributed by atoms with Crippen molar-refractivity contribution >= 4 is 53.1 Å². The average molecular weight is 556 g/mol. The lowest BCUT2D eigenvalue weighted by Gasteiger charge is -2.50. The van der Waals surface area contributed by atoms with Crippen molar-refractivity contribution in [2.75, 3.05) is 30.4 Å². The molecule has 3 fully saturated rings. The van der Waals surface area contributed by atoms with Gasteiger partial charge in [0.25, 0.3) is 11.8 Å². The summed E-state index contributed by atoms with van der Waals surface area (Å²) in [6.45, 7) is 4.27. The number of anilines is 2. The number of aryl methyl sites for hydroxylation is 2. The molecule has 210 valence electrons. The molecule has 2 aromatic rings. The number of amides is 8. The van der Waals surface area contributed by atoms with Gasteiger partial charge in [-0.1, -0.05) is 18.2 Å². The van der Waals surface area contributed by atoms with Crippen molar-refractivity contribution in [1.82, 2.24) is 15.1 Å². The van der Waals surface area contributed by atoms with Crippen LogP contribution in [0.1, 0.15) is 35.1 Å². The summed E-state index contributed by atoms with van der Waals surface area (Å²) in [5.41, 5.74) is 2.32. The highest BCUT2D eigenvalue weighted by molar-refractivity contribution is 6.39. The van der Waals surface area contributed by atoms with Crippen molar-refractivity contribution in [3.63, 3.8) is 0 Å². The van der Waals surface area contributed by atoms with E-state index in [1.54, 1.807) is 31.2 Å². The highest BCUT2D eigenvalue weighted by atomic mass is 16.2. The van der Waals surface area contributed by atoms with Crippen LogP contribution in [0.4, 0.5) is 21.0 Å². The third kappa shape index (κ3) is 3.71. The molecular weight excluding hydrogens is 526 g/mol. The van der Waals surface area contributed by atoms with Gasteiger partial charge in [0.05, 0.1) is 11.7 Å². The van der Waals surface area contributed by atoms with Crippen LogP contribution in [0.25, 0.3) is 6.08 Å². The van der Waals surface area contributed by atoms with Gasteiger partial charge in [-0.05, 0) is 79.6 Å². The summed E-state index contributed by atoms with van der Waals surface area (Å²) in [6.07, 6.45) is 2.91. The number of fused-ring (bicyclic) bond motifs is 4. The van der Waals surface area contributed by atoms with Gasteiger partial charge in [-0.2, -0.15) is 0 Å². The van der Waals surface area contributed by atoms with Gasteiger partial charge in [-0.25, -0.2) is 14.5 Å². The van der Waals surface area contributed by atoms with Crippen molar-refractivity contribution in [3.05, 3.63) is 64.2 Å². The second kappa shape index (κ2) is 9.12. The largest absolute Gasteiger partial charge is 0.367 e. The van der Waals surface area contributed by atoms with E-state index >= 15 is 0 Å². The van der Waals surface area contributed by atoms with Crippen LogP contribution in [0.5, 0.6) is 0 Å². The predicted molar refractivity (Wildman–Crippen MR) is 149 cm³/mol. The van der Waals surface area contributed by atoms with E-state index in [-0.39, 0.29) is 18.0 Å². The number of carbonyl (C=O) groups is 6. The van der Waals surface area contributed by atoms with Gasteiger partial charge >= 0.3 is 12.1 Å². The minimum absolute atomic E-state index is 0.0768. The van der Waals surface area contributed by atoms with Crippen molar-refractivity contribution in [2.45, 2.75) is 39.2 Å². The maximum Gasteiger partial charge on any atom is 0.335 e.